The Bertz CT molecular complexity index is 4100. The summed E-state index contributed by atoms with van der Waals surface area (Å²) in [6.07, 6.45) is 3.34. The molecule has 0 bridgehead atoms. The largest absolute Gasteiger partial charge is 0.483 e. The van der Waals surface area contributed by atoms with E-state index in [1.165, 1.54) is 44.9 Å². The third-order valence-electron chi connectivity index (χ3n) is 11.8. The summed E-state index contributed by atoms with van der Waals surface area (Å²) in [6, 6.07) is 17.9. The molecule has 84 heavy (non-hydrogen) atoms. The number of aliphatic hydroxyl groups is 1. The van der Waals surface area contributed by atoms with Crippen molar-refractivity contribution >= 4 is 133 Å². The number of halogens is 9. The van der Waals surface area contributed by atoms with E-state index in [0.29, 0.717) is 83.7 Å². The Morgan fingerprint density at radius 1 is 0.619 bits per heavy atom. The van der Waals surface area contributed by atoms with Gasteiger partial charge in [-0.2, -0.15) is 0 Å². The van der Waals surface area contributed by atoms with Gasteiger partial charge in [-0.05, 0) is 112 Å². The molecule has 0 saturated carbocycles. The summed E-state index contributed by atoms with van der Waals surface area (Å²) >= 11 is 21.6. The van der Waals surface area contributed by atoms with Crippen LogP contribution in [-0.2, 0) is 34.6 Å². The van der Waals surface area contributed by atoms with Gasteiger partial charge < -0.3 is 29.5 Å². The maximum Gasteiger partial charge on any atom is 0.270 e. The Kier molecular flexibility index (Phi) is 20.6. The zero-order valence-corrected chi connectivity index (χ0v) is 48.7. The number of rotatable bonds is 15. The molecule has 0 aliphatic carbocycles. The molecule has 1 aliphatic rings. The number of pyridine rings is 1. The third-order valence-corrected chi connectivity index (χ3v) is 16.0. The number of nitrogens with zero attached hydrogens (tertiary/aromatic N) is 5. The van der Waals surface area contributed by atoms with Crippen LogP contribution in [0.2, 0.25) is 15.1 Å². The molecule has 18 nitrogen and oxygen atoms in total. The number of carbonyl (C=O) groups excluding carboxylic acids is 4. The van der Waals surface area contributed by atoms with Crippen LogP contribution in [-0.4, -0.2) is 95.1 Å². The van der Waals surface area contributed by atoms with E-state index in [1.807, 2.05) is 18.4 Å². The minimum absolute atomic E-state index is 0.0550. The van der Waals surface area contributed by atoms with Gasteiger partial charge >= 0.3 is 0 Å². The molecule has 0 spiro atoms. The van der Waals surface area contributed by atoms with Crippen LogP contribution in [0.15, 0.2) is 85.1 Å². The van der Waals surface area contributed by atoms with Crippen molar-refractivity contribution in [3.05, 3.63) is 167 Å². The molecule has 4 amide bonds. The number of thiazole rings is 3. The molecule has 0 radical (unpaired) electrons. The van der Waals surface area contributed by atoms with Crippen LogP contribution >= 0.6 is 68.8 Å². The first-order valence-electron chi connectivity index (χ1n) is 24.2. The summed E-state index contributed by atoms with van der Waals surface area (Å²) in [5, 5.41) is 15.8. The molecule has 10 rings (SSSR count). The number of hydrogen-bond donors (Lipinski definition) is 4. The highest BCUT2D eigenvalue weighted by atomic mass is 35.5. The molecule has 4 N–H and O–H groups in total. The van der Waals surface area contributed by atoms with Gasteiger partial charge in [-0.25, -0.2) is 59.4 Å². The van der Waals surface area contributed by atoms with Gasteiger partial charge in [0.15, 0.2) is 34.7 Å². The van der Waals surface area contributed by atoms with Crippen LogP contribution in [0.25, 0.3) is 30.8 Å². The molecule has 1 aliphatic heterocycles. The van der Waals surface area contributed by atoms with Gasteiger partial charge in [-0.1, -0.05) is 46.1 Å². The fraction of sp³-hybridized carbons (Fsp3) is 0.208. The lowest BCUT2D eigenvalue weighted by molar-refractivity contribution is -0.125. The Labute approximate surface area is 499 Å². The molecule has 5 aromatic carbocycles. The molecule has 1 fully saturated rings. The summed E-state index contributed by atoms with van der Waals surface area (Å²) in [7, 11) is -2.04. The Balaban J connectivity index is 0.000000166. The summed E-state index contributed by atoms with van der Waals surface area (Å²) in [5.74, 6) is -12.5. The number of ether oxygens (including phenoxy) is 3. The van der Waals surface area contributed by atoms with Crippen LogP contribution in [0.5, 0.6) is 17.2 Å². The van der Waals surface area contributed by atoms with Crippen molar-refractivity contribution in [3.8, 4) is 17.2 Å². The summed E-state index contributed by atoms with van der Waals surface area (Å²) < 4.78 is 127. The van der Waals surface area contributed by atoms with Crippen LogP contribution in [0.3, 0.4) is 0 Å². The first kappa shape index (κ1) is 62.8. The smallest absolute Gasteiger partial charge is 0.270 e. The lowest BCUT2D eigenvalue weighted by atomic mass is 9.96. The van der Waals surface area contributed by atoms with Gasteiger partial charge in [0.1, 0.15) is 86.1 Å². The molecule has 9 aromatic rings. The second kappa shape index (κ2) is 27.6. The van der Waals surface area contributed by atoms with Crippen molar-refractivity contribution < 1.29 is 73.3 Å². The second-order valence-electron chi connectivity index (χ2n) is 17.9. The number of likely N-dealkylation sites (tertiary alicyclic amines) is 1. The number of piperidine rings is 1. The van der Waals surface area contributed by atoms with Crippen LogP contribution in [0.1, 0.15) is 58.9 Å². The van der Waals surface area contributed by atoms with E-state index in [0.717, 1.165) is 45.8 Å². The van der Waals surface area contributed by atoms with E-state index in [9.17, 15) is 53.9 Å². The first-order chi connectivity index (χ1) is 39.9. The van der Waals surface area contributed by atoms with Crippen LogP contribution in [0.4, 0.5) is 26.3 Å². The van der Waals surface area contributed by atoms with E-state index >= 15 is 0 Å². The van der Waals surface area contributed by atoms with Crippen molar-refractivity contribution in [1.29, 1.82) is 0 Å². The monoisotopic (exact) mass is 1300 g/mol. The van der Waals surface area contributed by atoms with Crippen LogP contribution in [0, 0.1) is 40.8 Å². The molecular weight excluding hydrogens is 1260 g/mol. The normalized spacial score (nSPS) is 12.7. The minimum atomic E-state index is -3.98. The number of fused-ring (bicyclic) bond motifs is 3. The number of aliphatic hydroxyl groups excluding tert-OH is 1. The molecule has 440 valence electrons. The number of aromatic nitrogens is 4. The van der Waals surface area contributed by atoms with Gasteiger partial charge in [0.05, 0.1) is 31.7 Å². The van der Waals surface area contributed by atoms with Crippen molar-refractivity contribution in [2.75, 3.05) is 33.1 Å². The van der Waals surface area contributed by atoms with Crippen molar-refractivity contribution in [3.63, 3.8) is 0 Å². The minimum Gasteiger partial charge on any atom is -0.483 e. The quantitative estimate of drug-likeness (QED) is 0.0424. The molecule has 4 aromatic heterocycles. The maximum absolute atomic E-state index is 14.9. The van der Waals surface area contributed by atoms with Crippen molar-refractivity contribution in [2.45, 2.75) is 32.7 Å². The van der Waals surface area contributed by atoms with E-state index in [4.69, 9.17) is 54.1 Å². The summed E-state index contributed by atoms with van der Waals surface area (Å²) in [4.78, 5) is 68.1. The Morgan fingerprint density at radius 3 is 1.51 bits per heavy atom. The highest BCUT2D eigenvalue weighted by molar-refractivity contribution is 7.89. The number of carbonyl (C=O) groups is 4. The van der Waals surface area contributed by atoms with Gasteiger partial charge in [0.2, 0.25) is 15.9 Å². The van der Waals surface area contributed by atoms with Gasteiger partial charge in [0, 0.05) is 22.2 Å². The fourth-order valence-corrected chi connectivity index (χ4v) is 11.3. The average Bonchev–Trinajstić information content (AvgIpc) is 4.18. The standard InChI is InChI=1S/C21H19ClF2N4O3S.C16H11ClF2N2O4S2.C16H11ClF2N2O3S/c1-28-6-4-11(5-7-28)19(29)27-20(30)17-13(23)2-3-15(18(17)24)31-10-16-26-14-8-12(22)9-25-21(14)32-16;1-27(23,24)21-16(22)14-9(18)3-4-11(15(14)19)25-7-13-20-10-6-8(17)2-5-12(10)26-13;17-8-1-4-12-10(5-8)21-13(25-12)6-24-11-3-2-9(18)14(15(11)19)16(23)20-7-22/h2-3,8-9,11H,4-7,10H2,1H3,(H,27,29,30);2-6H,7H2,1H3,(H,21,22);1-5,22H,6-7H2,(H,20,23). The van der Waals surface area contributed by atoms with Crippen molar-refractivity contribution in [2.24, 2.45) is 5.92 Å². The SMILES string of the molecule is CN1CCC(C(=O)NC(=O)c2c(F)ccc(OCc3nc4cc(Cl)cnc4s3)c2F)CC1.CS(=O)(=O)NC(=O)c1c(F)ccc(OCc2nc3cc(Cl)ccc3s2)c1F.O=C(NCO)c1c(F)ccc(OCc2nc3cc(Cl)ccc3s2)c1F. The third kappa shape index (κ3) is 15.9. The number of benzene rings is 5. The highest BCUT2D eigenvalue weighted by Gasteiger charge is 2.29. The predicted molar refractivity (Wildman–Crippen MR) is 303 cm³/mol. The lowest BCUT2D eigenvalue weighted by Gasteiger charge is -2.27. The number of sulfonamides is 1. The number of nitrogens with one attached hydrogen (secondary N) is 3. The molecule has 0 atom stereocenters. The van der Waals surface area contributed by atoms with E-state index in [-0.39, 0.29) is 37.2 Å². The first-order valence-corrected chi connectivity index (χ1v) is 29.7. The van der Waals surface area contributed by atoms with Gasteiger partial charge in [0.25, 0.3) is 17.7 Å². The zero-order valence-electron chi connectivity index (χ0n) is 43.2. The molecule has 5 heterocycles. The van der Waals surface area contributed by atoms with Gasteiger partial charge in [-0.3, -0.25) is 24.5 Å². The summed E-state index contributed by atoms with van der Waals surface area (Å²) in [5.41, 5.74) is -0.802. The molecule has 31 heteroatoms. The number of amides is 4. The van der Waals surface area contributed by atoms with Crippen LogP contribution < -0.4 is 29.6 Å². The fourth-order valence-electron chi connectivity index (χ4n) is 7.83. The second-order valence-corrected chi connectivity index (χ2v) is 24.2. The number of hydrogen-bond acceptors (Lipinski definition) is 18. The zero-order chi connectivity index (χ0) is 60.6. The molecular formula is C53H41Cl3F6N8O10S4. The van der Waals surface area contributed by atoms with E-state index < -0.39 is 97.7 Å². The predicted octanol–water partition coefficient (Wildman–Crippen LogP) is 10.8. The van der Waals surface area contributed by atoms with Gasteiger partial charge in [-0.15, -0.1) is 22.7 Å². The number of imide groups is 1. The van der Waals surface area contributed by atoms with Crippen molar-refractivity contribution in [1.82, 2.24) is 40.2 Å². The topological polar surface area (TPSA) is 241 Å². The Hall–Kier alpha value is -7.28. The van der Waals surface area contributed by atoms with E-state index in [2.05, 4.69) is 30.2 Å². The molecule has 0 unspecified atom stereocenters. The maximum atomic E-state index is 14.9. The van der Waals surface area contributed by atoms with E-state index in [1.54, 1.807) is 36.4 Å². The summed E-state index contributed by atoms with van der Waals surface area (Å²) in [6.45, 7) is 0.388. The lowest BCUT2D eigenvalue weighted by Crippen LogP contribution is -2.41. The average molecular weight is 1300 g/mol. The highest BCUT2D eigenvalue weighted by Crippen LogP contribution is 2.32. The molecule has 1 saturated heterocycles. The Morgan fingerprint density at radius 2 is 1.05 bits per heavy atom.